The average molecular weight is 412 g/mol. The van der Waals surface area contributed by atoms with Gasteiger partial charge in [-0.3, -0.25) is 4.79 Å². The van der Waals surface area contributed by atoms with E-state index in [1.807, 2.05) is 6.92 Å². The van der Waals surface area contributed by atoms with Gasteiger partial charge < -0.3 is 9.88 Å². The predicted octanol–water partition coefficient (Wildman–Crippen LogP) is 5.66. The summed E-state index contributed by atoms with van der Waals surface area (Å²) >= 11 is 1.84. The highest BCUT2D eigenvalue weighted by Crippen LogP contribution is 2.35. The summed E-state index contributed by atoms with van der Waals surface area (Å²) in [7, 11) is 0. The first-order valence-corrected chi connectivity index (χ1v) is 10.8. The van der Waals surface area contributed by atoms with E-state index in [0.717, 1.165) is 29.4 Å². The first kappa shape index (κ1) is 20.2. The molecule has 1 saturated carbocycles. The van der Waals surface area contributed by atoms with Gasteiger partial charge in [-0.2, -0.15) is 8.78 Å². The van der Waals surface area contributed by atoms with E-state index in [9.17, 15) is 13.6 Å². The molecule has 1 N–H and O–H groups in total. The topological polar surface area (TPSA) is 46.9 Å². The van der Waals surface area contributed by atoms with Crippen LogP contribution in [0.2, 0.25) is 0 Å². The van der Waals surface area contributed by atoms with Gasteiger partial charge in [0.15, 0.2) is 5.16 Å². The lowest BCUT2D eigenvalue weighted by Gasteiger charge is -2.17. The summed E-state index contributed by atoms with van der Waals surface area (Å²) < 4.78 is 27.6. The number of amides is 1. The smallest absolute Gasteiger partial charge is 0.288 e. The van der Waals surface area contributed by atoms with Crippen molar-refractivity contribution in [1.82, 2.24) is 9.55 Å². The SMILES string of the molecule is Cc1nc(SCC(=O)Nc2ccccc2SC(F)F)n(C2CCCC2)c1C. The number of imidazole rings is 1. The van der Waals surface area contributed by atoms with E-state index >= 15 is 0 Å². The van der Waals surface area contributed by atoms with Crippen LogP contribution < -0.4 is 5.32 Å². The number of hydrogen-bond donors (Lipinski definition) is 1. The fourth-order valence-corrected chi connectivity index (χ4v) is 4.93. The molecule has 8 heteroatoms. The van der Waals surface area contributed by atoms with Crippen molar-refractivity contribution in [2.24, 2.45) is 0 Å². The quantitative estimate of drug-likeness (QED) is 0.597. The highest BCUT2D eigenvalue weighted by molar-refractivity contribution is 8.00. The first-order chi connectivity index (χ1) is 13.0. The maximum absolute atomic E-state index is 12.7. The van der Waals surface area contributed by atoms with Gasteiger partial charge in [0, 0.05) is 16.6 Å². The molecular formula is C19H23F2N3OS2. The van der Waals surface area contributed by atoms with Crippen LogP contribution in [0, 0.1) is 13.8 Å². The van der Waals surface area contributed by atoms with Crippen LogP contribution in [-0.4, -0.2) is 27.0 Å². The summed E-state index contributed by atoms with van der Waals surface area (Å²) in [5, 5.41) is 3.61. The number of rotatable bonds is 7. The lowest BCUT2D eigenvalue weighted by Crippen LogP contribution is -2.16. The van der Waals surface area contributed by atoms with Gasteiger partial charge in [-0.1, -0.05) is 48.5 Å². The molecular weight excluding hydrogens is 388 g/mol. The van der Waals surface area contributed by atoms with Gasteiger partial charge >= 0.3 is 0 Å². The fraction of sp³-hybridized carbons (Fsp3) is 0.474. The molecule has 1 heterocycles. The van der Waals surface area contributed by atoms with Crippen LogP contribution in [-0.2, 0) is 4.79 Å². The summed E-state index contributed by atoms with van der Waals surface area (Å²) in [4.78, 5) is 17.4. The summed E-state index contributed by atoms with van der Waals surface area (Å²) in [6.45, 7) is 4.06. The molecule has 0 saturated heterocycles. The second-order valence-corrected chi connectivity index (χ2v) is 8.56. The van der Waals surface area contributed by atoms with E-state index in [0.29, 0.717) is 28.4 Å². The largest absolute Gasteiger partial charge is 0.324 e. The van der Waals surface area contributed by atoms with Gasteiger partial charge in [0.2, 0.25) is 5.91 Å². The highest BCUT2D eigenvalue weighted by atomic mass is 32.2. The Kier molecular flexibility index (Phi) is 6.81. The Morgan fingerprint density at radius 1 is 1.30 bits per heavy atom. The number of thioether (sulfide) groups is 2. The monoisotopic (exact) mass is 411 g/mol. The van der Waals surface area contributed by atoms with Gasteiger partial charge in [0.25, 0.3) is 5.76 Å². The number of alkyl halides is 2. The fourth-order valence-electron chi connectivity index (χ4n) is 3.38. The number of aromatic nitrogens is 2. The number of halogens is 2. The van der Waals surface area contributed by atoms with E-state index < -0.39 is 5.76 Å². The van der Waals surface area contributed by atoms with Gasteiger partial charge in [0.1, 0.15) is 0 Å². The van der Waals surface area contributed by atoms with Crippen LogP contribution in [0.4, 0.5) is 14.5 Å². The molecule has 1 aromatic heterocycles. The molecule has 2 aromatic rings. The molecule has 0 radical (unpaired) electrons. The van der Waals surface area contributed by atoms with Crippen molar-refractivity contribution in [1.29, 1.82) is 0 Å². The second kappa shape index (κ2) is 9.10. The van der Waals surface area contributed by atoms with E-state index in [4.69, 9.17) is 0 Å². The number of aryl methyl sites for hydroxylation is 1. The third-order valence-electron chi connectivity index (χ3n) is 4.75. The number of hydrogen-bond acceptors (Lipinski definition) is 4. The Bertz CT molecular complexity index is 804. The number of carbonyl (C=O) groups excluding carboxylic acids is 1. The molecule has 0 atom stereocenters. The van der Waals surface area contributed by atoms with E-state index in [1.165, 1.54) is 24.6 Å². The number of carbonyl (C=O) groups is 1. The Morgan fingerprint density at radius 3 is 2.70 bits per heavy atom. The van der Waals surface area contributed by atoms with Gasteiger partial charge in [-0.25, -0.2) is 4.98 Å². The minimum atomic E-state index is -2.53. The zero-order valence-corrected chi connectivity index (χ0v) is 17.0. The van der Waals surface area contributed by atoms with Gasteiger partial charge in [-0.05, 0) is 38.8 Å². The Balaban J connectivity index is 1.66. The predicted molar refractivity (Wildman–Crippen MR) is 107 cm³/mol. The number of anilines is 1. The van der Waals surface area contributed by atoms with Crippen LogP contribution in [0.15, 0.2) is 34.3 Å². The van der Waals surface area contributed by atoms with Crippen molar-refractivity contribution in [3.8, 4) is 0 Å². The van der Waals surface area contributed by atoms with E-state index in [-0.39, 0.29) is 11.7 Å². The van der Waals surface area contributed by atoms with Crippen molar-refractivity contribution < 1.29 is 13.6 Å². The molecule has 0 aliphatic heterocycles. The minimum Gasteiger partial charge on any atom is -0.324 e. The molecule has 1 aliphatic rings. The number of para-hydroxylation sites is 1. The lowest BCUT2D eigenvalue weighted by molar-refractivity contribution is -0.113. The van der Waals surface area contributed by atoms with Crippen LogP contribution in [0.3, 0.4) is 0 Å². The molecule has 0 spiro atoms. The maximum atomic E-state index is 12.7. The number of nitrogens with zero attached hydrogens (tertiary/aromatic N) is 2. The van der Waals surface area contributed by atoms with Crippen molar-refractivity contribution in [2.75, 3.05) is 11.1 Å². The molecule has 27 heavy (non-hydrogen) atoms. The molecule has 4 nitrogen and oxygen atoms in total. The van der Waals surface area contributed by atoms with Crippen LogP contribution in [0.5, 0.6) is 0 Å². The highest BCUT2D eigenvalue weighted by Gasteiger charge is 2.23. The van der Waals surface area contributed by atoms with Crippen LogP contribution in [0.25, 0.3) is 0 Å². The average Bonchev–Trinajstić information content (AvgIpc) is 3.23. The Morgan fingerprint density at radius 2 is 2.00 bits per heavy atom. The third-order valence-corrected chi connectivity index (χ3v) is 6.49. The zero-order valence-electron chi connectivity index (χ0n) is 15.4. The van der Waals surface area contributed by atoms with Gasteiger partial charge in [-0.15, -0.1) is 0 Å². The maximum Gasteiger partial charge on any atom is 0.288 e. The summed E-state index contributed by atoms with van der Waals surface area (Å²) in [6.07, 6.45) is 4.75. The van der Waals surface area contributed by atoms with Crippen molar-refractivity contribution in [3.63, 3.8) is 0 Å². The Hall–Kier alpha value is -1.54. The summed E-state index contributed by atoms with van der Waals surface area (Å²) in [5.74, 6) is -2.56. The molecule has 1 aliphatic carbocycles. The van der Waals surface area contributed by atoms with E-state index in [1.54, 1.807) is 24.3 Å². The van der Waals surface area contributed by atoms with Crippen LogP contribution in [0.1, 0.15) is 43.1 Å². The number of nitrogens with one attached hydrogen (secondary N) is 1. The zero-order chi connectivity index (χ0) is 19.4. The second-order valence-electron chi connectivity index (χ2n) is 6.58. The Labute approximate surface area is 166 Å². The summed E-state index contributed by atoms with van der Waals surface area (Å²) in [6, 6.07) is 7.08. The minimum absolute atomic E-state index is 0.191. The molecule has 3 rings (SSSR count). The molecule has 1 amide bonds. The lowest BCUT2D eigenvalue weighted by atomic mass is 10.2. The van der Waals surface area contributed by atoms with Crippen LogP contribution >= 0.6 is 23.5 Å². The van der Waals surface area contributed by atoms with Crippen molar-refractivity contribution in [2.45, 2.75) is 61.4 Å². The molecule has 146 valence electrons. The van der Waals surface area contributed by atoms with Gasteiger partial charge in [0.05, 0.1) is 17.1 Å². The molecule has 1 aromatic carbocycles. The number of benzene rings is 1. The van der Waals surface area contributed by atoms with E-state index in [2.05, 4.69) is 21.8 Å². The first-order valence-electron chi connectivity index (χ1n) is 8.97. The summed E-state index contributed by atoms with van der Waals surface area (Å²) in [5.41, 5.74) is 2.56. The standard InChI is InChI=1S/C19H23F2N3OS2/c1-12-13(2)24(14-7-3-4-8-14)19(22-12)26-11-17(25)23-15-9-5-6-10-16(15)27-18(20)21/h5-6,9-10,14,18H,3-4,7-8,11H2,1-2H3,(H,23,25). The normalized spacial score (nSPS) is 14.9. The third kappa shape index (κ3) is 5.04. The van der Waals surface area contributed by atoms with Crippen molar-refractivity contribution in [3.05, 3.63) is 35.7 Å². The van der Waals surface area contributed by atoms with Crippen molar-refractivity contribution >= 4 is 35.1 Å². The molecule has 0 bridgehead atoms. The molecule has 1 fully saturated rings. The molecule has 0 unspecified atom stereocenters.